The van der Waals surface area contributed by atoms with Crippen LogP contribution in [-0.4, -0.2) is 61.9 Å². The molecule has 2 rings (SSSR count). The van der Waals surface area contributed by atoms with Crippen molar-refractivity contribution in [2.75, 3.05) is 33.4 Å². The van der Waals surface area contributed by atoms with E-state index >= 15 is 0 Å². The molecule has 1 heterocycles. The van der Waals surface area contributed by atoms with E-state index < -0.39 is 10.0 Å². The lowest BCUT2D eigenvalue weighted by Gasteiger charge is -2.18. The summed E-state index contributed by atoms with van der Waals surface area (Å²) >= 11 is 0. The normalized spacial score (nSPS) is 15.8. The van der Waals surface area contributed by atoms with Gasteiger partial charge in [0.15, 0.2) is 0 Å². The van der Waals surface area contributed by atoms with Gasteiger partial charge < -0.3 is 10.1 Å². The van der Waals surface area contributed by atoms with E-state index in [2.05, 4.69) is 10.4 Å². The summed E-state index contributed by atoms with van der Waals surface area (Å²) in [6.45, 7) is 4.46. The minimum atomic E-state index is -3.48. The lowest BCUT2D eigenvalue weighted by atomic mass is 10.6. The lowest BCUT2D eigenvalue weighted by molar-refractivity contribution is 0.180. The Labute approximate surface area is 126 Å². The molecule has 0 radical (unpaired) electrons. The number of methoxy groups -OCH3 is 1. The van der Waals surface area contributed by atoms with Gasteiger partial charge in [0.1, 0.15) is 4.90 Å². The van der Waals surface area contributed by atoms with E-state index in [1.165, 1.54) is 23.3 Å². The molecule has 0 aliphatic heterocycles. The molecule has 1 aromatic rings. The summed E-state index contributed by atoms with van der Waals surface area (Å²) in [4.78, 5) is 0.242. The van der Waals surface area contributed by atoms with Crippen LogP contribution in [0.1, 0.15) is 19.8 Å². The quantitative estimate of drug-likeness (QED) is 0.671. The van der Waals surface area contributed by atoms with Gasteiger partial charge in [-0.2, -0.15) is 9.40 Å². The molecule has 1 fully saturated rings. The zero-order valence-electron chi connectivity index (χ0n) is 12.7. The molecule has 1 saturated carbocycles. The Morgan fingerprint density at radius 1 is 1.52 bits per heavy atom. The minimum absolute atomic E-state index is 0.242. The fourth-order valence-electron chi connectivity index (χ4n) is 2.06. The molecule has 7 nitrogen and oxygen atoms in total. The van der Waals surface area contributed by atoms with E-state index in [1.54, 1.807) is 18.0 Å². The van der Waals surface area contributed by atoms with E-state index in [9.17, 15) is 8.42 Å². The van der Waals surface area contributed by atoms with E-state index in [0.29, 0.717) is 32.3 Å². The molecule has 0 bridgehead atoms. The average molecular weight is 316 g/mol. The number of hydrogen-bond acceptors (Lipinski definition) is 5. The number of hydrogen-bond donors (Lipinski definition) is 1. The maximum Gasteiger partial charge on any atom is 0.246 e. The standard InChI is InChI=1S/C13H24N4O3S/c1-3-17(8-9-20-2)21(18,19)13-10-15-16(11-13)7-6-14-12-4-5-12/h10-12,14H,3-9H2,1-2H3. The van der Waals surface area contributed by atoms with Crippen LogP contribution in [0.4, 0.5) is 0 Å². The fourth-order valence-corrected chi connectivity index (χ4v) is 3.45. The number of nitrogens with one attached hydrogen (secondary N) is 1. The van der Waals surface area contributed by atoms with Gasteiger partial charge in [0.25, 0.3) is 0 Å². The molecule has 0 saturated heterocycles. The van der Waals surface area contributed by atoms with Crippen molar-refractivity contribution in [1.29, 1.82) is 0 Å². The molecule has 1 aliphatic rings. The maximum atomic E-state index is 12.5. The average Bonchev–Trinajstić information content (AvgIpc) is 3.15. The predicted molar refractivity (Wildman–Crippen MR) is 79.6 cm³/mol. The lowest BCUT2D eigenvalue weighted by Crippen LogP contribution is -2.33. The number of nitrogens with zero attached hydrogens (tertiary/aromatic N) is 3. The van der Waals surface area contributed by atoms with Crippen LogP contribution in [0.15, 0.2) is 17.3 Å². The first-order valence-electron chi connectivity index (χ1n) is 7.33. The molecule has 1 aliphatic carbocycles. The third-order valence-corrected chi connectivity index (χ3v) is 5.42. The highest BCUT2D eigenvalue weighted by atomic mass is 32.2. The smallest absolute Gasteiger partial charge is 0.246 e. The van der Waals surface area contributed by atoms with Gasteiger partial charge in [-0.15, -0.1) is 0 Å². The zero-order chi connectivity index (χ0) is 15.3. The van der Waals surface area contributed by atoms with Crippen molar-refractivity contribution >= 4 is 10.0 Å². The van der Waals surface area contributed by atoms with Gasteiger partial charge in [-0.3, -0.25) is 4.68 Å². The van der Waals surface area contributed by atoms with Crippen LogP contribution in [0.5, 0.6) is 0 Å². The van der Waals surface area contributed by atoms with Crippen LogP contribution in [0.3, 0.4) is 0 Å². The van der Waals surface area contributed by atoms with E-state index in [1.807, 2.05) is 6.92 Å². The number of ether oxygens (including phenoxy) is 1. The molecule has 120 valence electrons. The monoisotopic (exact) mass is 316 g/mol. The summed E-state index contributed by atoms with van der Waals surface area (Å²) < 4.78 is 33.0. The number of likely N-dealkylation sites (N-methyl/N-ethyl adjacent to an activating group) is 1. The molecule has 1 N–H and O–H groups in total. The van der Waals surface area contributed by atoms with Gasteiger partial charge in [-0.25, -0.2) is 8.42 Å². The van der Waals surface area contributed by atoms with Gasteiger partial charge in [0, 0.05) is 39.0 Å². The first-order valence-corrected chi connectivity index (χ1v) is 8.77. The molecule has 0 atom stereocenters. The second kappa shape index (κ2) is 7.35. The molecule has 8 heteroatoms. The van der Waals surface area contributed by atoms with Crippen LogP contribution >= 0.6 is 0 Å². The molecule has 1 aromatic heterocycles. The Balaban J connectivity index is 1.96. The van der Waals surface area contributed by atoms with Gasteiger partial charge in [0.2, 0.25) is 10.0 Å². The van der Waals surface area contributed by atoms with E-state index in [-0.39, 0.29) is 4.90 Å². The van der Waals surface area contributed by atoms with Crippen LogP contribution < -0.4 is 5.32 Å². The molecule has 0 unspecified atom stereocenters. The number of rotatable bonds is 10. The van der Waals surface area contributed by atoms with Gasteiger partial charge in [-0.1, -0.05) is 6.92 Å². The predicted octanol–water partition coefficient (Wildman–Crippen LogP) is 0.292. The highest BCUT2D eigenvalue weighted by Crippen LogP contribution is 2.18. The minimum Gasteiger partial charge on any atom is -0.383 e. The second-order valence-corrected chi connectivity index (χ2v) is 7.09. The second-order valence-electron chi connectivity index (χ2n) is 5.16. The van der Waals surface area contributed by atoms with E-state index in [0.717, 1.165) is 6.54 Å². The molecule has 0 spiro atoms. The third-order valence-electron chi connectivity index (χ3n) is 3.50. The first-order chi connectivity index (χ1) is 10.1. The highest BCUT2D eigenvalue weighted by Gasteiger charge is 2.24. The van der Waals surface area contributed by atoms with Crippen molar-refractivity contribution in [2.24, 2.45) is 0 Å². The van der Waals surface area contributed by atoms with Crippen LogP contribution in [0.2, 0.25) is 0 Å². The molecular formula is C13H24N4O3S. The summed E-state index contributed by atoms with van der Waals surface area (Å²) in [6.07, 6.45) is 5.49. The van der Waals surface area contributed by atoms with Crippen molar-refractivity contribution in [2.45, 2.75) is 37.2 Å². The van der Waals surface area contributed by atoms with Crippen molar-refractivity contribution in [3.05, 3.63) is 12.4 Å². The summed E-state index contributed by atoms with van der Waals surface area (Å²) in [7, 11) is -1.92. The first kappa shape index (κ1) is 16.4. The van der Waals surface area contributed by atoms with Gasteiger partial charge in [-0.05, 0) is 12.8 Å². The topological polar surface area (TPSA) is 76.5 Å². The number of aromatic nitrogens is 2. The Bertz CT molecular complexity index is 539. The molecule has 21 heavy (non-hydrogen) atoms. The van der Waals surface area contributed by atoms with Crippen molar-refractivity contribution in [3.8, 4) is 0 Å². The van der Waals surface area contributed by atoms with Crippen LogP contribution in [0.25, 0.3) is 0 Å². The van der Waals surface area contributed by atoms with Crippen molar-refractivity contribution in [1.82, 2.24) is 19.4 Å². The summed E-state index contributed by atoms with van der Waals surface area (Å²) in [5, 5.41) is 7.51. The van der Waals surface area contributed by atoms with Crippen LogP contribution in [0, 0.1) is 0 Å². The maximum absolute atomic E-state index is 12.5. The Morgan fingerprint density at radius 2 is 2.29 bits per heavy atom. The SMILES string of the molecule is CCN(CCOC)S(=O)(=O)c1cnn(CCNC2CC2)c1. The van der Waals surface area contributed by atoms with Crippen molar-refractivity contribution < 1.29 is 13.2 Å². The molecule has 0 aromatic carbocycles. The third kappa shape index (κ3) is 4.50. The Morgan fingerprint density at radius 3 is 2.90 bits per heavy atom. The van der Waals surface area contributed by atoms with Gasteiger partial charge >= 0.3 is 0 Å². The Hall–Kier alpha value is -0.960. The summed E-state index contributed by atoms with van der Waals surface area (Å²) in [5.41, 5.74) is 0. The molecule has 0 amide bonds. The molecular weight excluding hydrogens is 292 g/mol. The van der Waals surface area contributed by atoms with Gasteiger partial charge in [0.05, 0.1) is 19.3 Å². The fraction of sp³-hybridized carbons (Fsp3) is 0.769. The number of sulfonamides is 1. The van der Waals surface area contributed by atoms with E-state index in [4.69, 9.17) is 4.74 Å². The summed E-state index contributed by atoms with van der Waals surface area (Å²) in [5.74, 6) is 0. The highest BCUT2D eigenvalue weighted by molar-refractivity contribution is 7.89. The van der Waals surface area contributed by atoms with Crippen LogP contribution in [-0.2, 0) is 21.3 Å². The largest absolute Gasteiger partial charge is 0.383 e. The van der Waals surface area contributed by atoms with Crippen molar-refractivity contribution in [3.63, 3.8) is 0 Å². The summed E-state index contributed by atoms with van der Waals surface area (Å²) in [6, 6.07) is 0.647. The zero-order valence-corrected chi connectivity index (χ0v) is 13.5. The Kier molecular flexibility index (Phi) is 5.74.